The maximum Gasteiger partial charge on any atom is 0.213 e. The van der Waals surface area contributed by atoms with Gasteiger partial charge in [0.25, 0.3) is 0 Å². The van der Waals surface area contributed by atoms with Crippen LogP contribution in [0.2, 0.25) is 5.02 Å². The summed E-state index contributed by atoms with van der Waals surface area (Å²) in [4.78, 5) is 4.71. The summed E-state index contributed by atoms with van der Waals surface area (Å²) in [6.07, 6.45) is 1.80. The Morgan fingerprint density at radius 1 is 1.17 bits per heavy atom. The van der Waals surface area contributed by atoms with Crippen LogP contribution in [0.1, 0.15) is 11.4 Å². The molecular weight excluding hydrogens is 354 g/mol. The molecule has 3 rings (SSSR count). The van der Waals surface area contributed by atoms with E-state index in [0.29, 0.717) is 15.7 Å². The third-order valence-electron chi connectivity index (χ3n) is 3.41. The second-order valence-corrected chi connectivity index (χ2v) is 8.19. The standard InChI is InChI=1S/C15H14ClN3O2S2/c1-9-8-10(2)19-14(17-9)13(15(18-19)22-3)23(20,21)12-6-4-11(16)5-7-12/h4-8H,1-3H3. The van der Waals surface area contributed by atoms with Gasteiger partial charge in [-0.1, -0.05) is 11.6 Å². The Labute approximate surface area is 143 Å². The fraction of sp³-hybridized carbons (Fsp3) is 0.200. The van der Waals surface area contributed by atoms with E-state index < -0.39 is 9.84 Å². The number of rotatable bonds is 3. The molecule has 0 fully saturated rings. The van der Waals surface area contributed by atoms with Crippen LogP contribution in [0, 0.1) is 13.8 Å². The Morgan fingerprint density at radius 3 is 2.43 bits per heavy atom. The first-order valence-electron chi connectivity index (χ1n) is 6.76. The van der Waals surface area contributed by atoms with Gasteiger partial charge in [-0.15, -0.1) is 11.8 Å². The van der Waals surface area contributed by atoms with Gasteiger partial charge in [0.15, 0.2) is 10.5 Å². The highest BCUT2D eigenvalue weighted by atomic mass is 35.5. The molecule has 120 valence electrons. The molecule has 5 nitrogen and oxygen atoms in total. The van der Waals surface area contributed by atoms with Crippen molar-refractivity contribution in [1.82, 2.24) is 14.6 Å². The molecular formula is C15H14ClN3O2S2. The molecule has 0 aliphatic carbocycles. The summed E-state index contributed by atoms with van der Waals surface area (Å²) in [5.74, 6) is 0. The lowest BCUT2D eigenvalue weighted by Crippen LogP contribution is -2.04. The molecule has 0 unspecified atom stereocenters. The van der Waals surface area contributed by atoms with Crippen LogP contribution >= 0.6 is 23.4 Å². The lowest BCUT2D eigenvalue weighted by Gasteiger charge is -2.05. The monoisotopic (exact) mass is 367 g/mol. The fourth-order valence-electron chi connectivity index (χ4n) is 2.38. The van der Waals surface area contributed by atoms with E-state index in [-0.39, 0.29) is 9.79 Å². The molecule has 0 bridgehead atoms. The first-order valence-corrected chi connectivity index (χ1v) is 9.85. The molecule has 0 atom stereocenters. The van der Waals surface area contributed by atoms with Crippen LogP contribution in [0.3, 0.4) is 0 Å². The van der Waals surface area contributed by atoms with Crippen LogP contribution < -0.4 is 0 Å². The molecule has 0 radical (unpaired) electrons. The van der Waals surface area contributed by atoms with Crippen molar-refractivity contribution in [3.8, 4) is 0 Å². The molecule has 0 aliphatic heterocycles. The number of hydrogen-bond acceptors (Lipinski definition) is 5. The minimum atomic E-state index is -3.74. The van der Waals surface area contributed by atoms with E-state index in [1.165, 1.54) is 23.9 Å². The van der Waals surface area contributed by atoms with Crippen LogP contribution in [-0.4, -0.2) is 29.3 Å². The summed E-state index contributed by atoms with van der Waals surface area (Å²) < 4.78 is 27.7. The summed E-state index contributed by atoms with van der Waals surface area (Å²) in [6, 6.07) is 7.97. The fourth-order valence-corrected chi connectivity index (χ4v) is 4.90. The Hall–Kier alpha value is -1.57. The van der Waals surface area contributed by atoms with Crippen LogP contribution in [0.25, 0.3) is 5.65 Å². The lowest BCUT2D eigenvalue weighted by atomic mass is 10.3. The molecule has 2 heterocycles. The van der Waals surface area contributed by atoms with Crippen LogP contribution in [-0.2, 0) is 9.84 Å². The average molecular weight is 368 g/mol. The van der Waals surface area contributed by atoms with Gasteiger partial charge in [0, 0.05) is 16.4 Å². The summed E-state index contributed by atoms with van der Waals surface area (Å²) >= 11 is 7.14. The van der Waals surface area contributed by atoms with Gasteiger partial charge in [-0.25, -0.2) is 17.9 Å². The molecule has 0 aliphatic rings. The minimum Gasteiger partial charge on any atom is -0.233 e. The number of benzene rings is 1. The highest BCUT2D eigenvalue weighted by Crippen LogP contribution is 2.33. The third kappa shape index (κ3) is 2.73. The molecule has 0 amide bonds. The van der Waals surface area contributed by atoms with Gasteiger partial charge in [0.1, 0.15) is 5.03 Å². The number of thioether (sulfide) groups is 1. The highest BCUT2D eigenvalue weighted by molar-refractivity contribution is 7.99. The van der Waals surface area contributed by atoms with E-state index in [1.54, 1.807) is 22.9 Å². The van der Waals surface area contributed by atoms with Crippen molar-refractivity contribution < 1.29 is 8.42 Å². The molecule has 0 spiro atoms. The van der Waals surface area contributed by atoms with Crippen molar-refractivity contribution in [1.29, 1.82) is 0 Å². The van der Waals surface area contributed by atoms with E-state index in [1.807, 2.05) is 19.9 Å². The predicted molar refractivity (Wildman–Crippen MR) is 91.1 cm³/mol. The normalized spacial score (nSPS) is 12.0. The molecule has 1 aromatic carbocycles. The highest BCUT2D eigenvalue weighted by Gasteiger charge is 2.28. The van der Waals surface area contributed by atoms with Gasteiger partial charge in [-0.05, 0) is 50.4 Å². The van der Waals surface area contributed by atoms with E-state index >= 15 is 0 Å². The molecule has 0 saturated carbocycles. The van der Waals surface area contributed by atoms with Gasteiger partial charge in [0.05, 0.1) is 4.90 Å². The Morgan fingerprint density at radius 2 is 1.83 bits per heavy atom. The number of halogens is 1. The van der Waals surface area contributed by atoms with Gasteiger partial charge in [-0.3, -0.25) is 0 Å². The quantitative estimate of drug-likeness (QED) is 0.662. The van der Waals surface area contributed by atoms with E-state index in [9.17, 15) is 8.42 Å². The van der Waals surface area contributed by atoms with E-state index in [4.69, 9.17) is 11.6 Å². The summed E-state index contributed by atoms with van der Waals surface area (Å²) in [6.45, 7) is 3.70. The SMILES string of the molecule is CSc1nn2c(C)cc(C)nc2c1S(=O)(=O)c1ccc(Cl)cc1. The van der Waals surface area contributed by atoms with Gasteiger partial charge >= 0.3 is 0 Å². The number of fused-ring (bicyclic) bond motifs is 1. The largest absolute Gasteiger partial charge is 0.233 e. The molecule has 23 heavy (non-hydrogen) atoms. The molecule has 0 N–H and O–H groups in total. The number of aryl methyl sites for hydroxylation is 2. The first kappa shape index (κ1) is 16.3. The van der Waals surface area contributed by atoms with Crippen LogP contribution in [0.4, 0.5) is 0 Å². The Balaban J connectivity index is 2.36. The number of sulfone groups is 1. The molecule has 3 aromatic rings. The third-order valence-corrected chi connectivity index (χ3v) is 6.27. The van der Waals surface area contributed by atoms with Gasteiger partial charge in [0.2, 0.25) is 9.84 Å². The second kappa shape index (κ2) is 5.81. The number of nitrogens with zero attached hydrogens (tertiary/aromatic N) is 3. The lowest BCUT2D eigenvalue weighted by molar-refractivity contribution is 0.594. The maximum atomic E-state index is 13.1. The molecule has 2 aromatic heterocycles. The first-order chi connectivity index (χ1) is 10.8. The topological polar surface area (TPSA) is 64.3 Å². The second-order valence-electron chi connectivity index (χ2n) is 5.07. The van der Waals surface area contributed by atoms with Crippen LogP contribution in [0.5, 0.6) is 0 Å². The van der Waals surface area contributed by atoms with Crippen molar-refractivity contribution >= 4 is 38.8 Å². The molecule has 0 saturated heterocycles. The number of hydrogen-bond donors (Lipinski definition) is 0. The minimum absolute atomic E-state index is 0.138. The van der Waals surface area contributed by atoms with Gasteiger partial charge < -0.3 is 0 Å². The van der Waals surface area contributed by atoms with Crippen molar-refractivity contribution in [2.45, 2.75) is 28.7 Å². The zero-order chi connectivity index (χ0) is 16.8. The van der Waals surface area contributed by atoms with E-state index in [0.717, 1.165) is 11.4 Å². The van der Waals surface area contributed by atoms with Gasteiger partial charge in [-0.2, -0.15) is 5.10 Å². The van der Waals surface area contributed by atoms with Crippen molar-refractivity contribution in [2.75, 3.05) is 6.26 Å². The van der Waals surface area contributed by atoms with Crippen molar-refractivity contribution in [3.63, 3.8) is 0 Å². The maximum absolute atomic E-state index is 13.1. The smallest absolute Gasteiger partial charge is 0.213 e. The number of aromatic nitrogens is 3. The van der Waals surface area contributed by atoms with E-state index in [2.05, 4.69) is 10.1 Å². The van der Waals surface area contributed by atoms with Crippen LogP contribution in [0.15, 0.2) is 45.1 Å². The Bertz CT molecular complexity index is 996. The summed E-state index contributed by atoms with van der Waals surface area (Å²) in [5.41, 5.74) is 1.93. The molecule has 8 heteroatoms. The van der Waals surface area contributed by atoms with Crippen molar-refractivity contribution in [2.24, 2.45) is 0 Å². The Kier molecular flexibility index (Phi) is 4.12. The zero-order valence-corrected chi connectivity index (χ0v) is 15.1. The summed E-state index contributed by atoms with van der Waals surface area (Å²) in [5, 5.41) is 5.31. The zero-order valence-electron chi connectivity index (χ0n) is 12.7. The summed E-state index contributed by atoms with van der Waals surface area (Å²) in [7, 11) is -3.74. The van der Waals surface area contributed by atoms with Crippen molar-refractivity contribution in [3.05, 3.63) is 46.7 Å². The predicted octanol–water partition coefficient (Wildman–Crippen LogP) is 3.55. The average Bonchev–Trinajstić information content (AvgIpc) is 2.87.